The summed E-state index contributed by atoms with van der Waals surface area (Å²) in [5, 5.41) is 11.3. The molecule has 21 heavy (non-hydrogen) atoms. The predicted octanol–water partition coefficient (Wildman–Crippen LogP) is 5.92. The molecular formula is C19H28O2. The summed E-state index contributed by atoms with van der Waals surface area (Å²) in [6.45, 7) is 4.28. The molecular weight excluding hydrogens is 260 g/mol. The van der Waals surface area contributed by atoms with Crippen molar-refractivity contribution in [2.24, 2.45) is 0 Å². The van der Waals surface area contributed by atoms with E-state index in [1.807, 2.05) is 31.2 Å². The number of unbranched alkanes of at least 4 members (excludes halogenated alkanes) is 6. The van der Waals surface area contributed by atoms with Crippen LogP contribution >= 0.6 is 0 Å². The van der Waals surface area contributed by atoms with Gasteiger partial charge in [0.15, 0.2) is 0 Å². The van der Waals surface area contributed by atoms with Crippen LogP contribution in [0, 0.1) is 6.92 Å². The van der Waals surface area contributed by atoms with E-state index in [1.165, 1.54) is 38.5 Å². The summed E-state index contributed by atoms with van der Waals surface area (Å²) in [6, 6.07) is 8.09. The third-order valence-corrected chi connectivity index (χ3v) is 4.17. The van der Waals surface area contributed by atoms with Crippen LogP contribution in [0.15, 0.2) is 28.7 Å². The lowest BCUT2D eigenvalue weighted by atomic mass is 10.1. The van der Waals surface area contributed by atoms with Crippen LogP contribution in [0.5, 0.6) is 0 Å². The lowest BCUT2D eigenvalue weighted by Gasteiger charge is -2.07. The van der Waals surface area contributed by atoms with E-state index in [0.717, 1.165) is 29.4 Å². The number of hydrogen-bond donors (Lipinski definition) is 1. The van der Waals surface area contributed by atoms with Gasteiger partial charge < -0.3 is 9.52 Å². The van der Waals surface area contributed by atoms with Crippen molar-refractivity contribution in [3.05, 3.63) is 35.6 Å². The van der Waals surface area contributed by atoms with E-state index in [2.05, 4.69) is 6.92 Å². The van der Waals surface area contributed by atoms with E-state index in [1.54, 1.807) is 0 Å². The number of aliphatic hydroxyl groups is 1. The van der Waals surface area contributed by atoms with E-state index in [0.29, 0.717) is 5.76 Å². The monoisotopic (exact) mass is 288 g/mol. The Morgan fingerprint density at radius 2 is 1.76 bits per heavy atom. The van der Waals surface area contributed by atoms with Crippen LogP contribution in [0.3, 0.4) is 0 Å². The smallest absolute Gasteiger partial charge is 0.137 e. The molecule has 2 nitrogen and oxygen atoms in total. The van der Waals surface area contributed by atoms with Crippen LogP contribution in [0.1, 0.15) is 75.7 Å². The molecule has 0 saturated carbocycles. The molecule has 0 amide bonds. The lowest BCUT2D eigenvalue weighted by Crippen LogP contribution is -1.95. The molecule has 0 radical (unpaired) electrons. The van der Waals surface area contributed by atoms with Gasteiger partial charge in [-0.2, -0.15) is 0 Å². The van der Waals surface area contributed by atoms with E-state index < -0.39 is 6.10 Å². The maximum Gasteiger partial charge on any atom is 0.137 e. The Bertz CT molecular complexity index is 541. The fraction of sp³-hybridized carbons (Fsp3) is 0.579. The Hall–Kier alpha value is -1.28. The second-order valence-electron chi connectivity index (χ2n) is 6.07. The minimum absolute atomic E-state index is 0.465. The molecule has 0 bridgehead atoms. The topological polar surface area (TPSA) is 33.4 Å². The molecule has 0 saturated heterocycles. The molecule has 1 atom stereocenters. The van der Waals surface area contributed by atoms with Gasteiger partial charge in [0.2, 0.25) is 0 Å². The van der Waals surface area contributed by atoms with Gasteiger partial charge >= 0.3 is 0 Å². The number of aliphatic hydroxyl groups excluding tert-OH is 1. The zero-order valence-corrected chi connectivity index (χ0v) is 13.4. The summed E-state index contributed by atoms with van der Waals surface area (Å²) >= 11 is 0. The van der Waals surface area contributed by atoms with Gasteiger partial charge in [-0.05, 0) is 25.0 Å². The summed E-state index contributed by atoms with van der Waals surface area (Å²) in [5.74, 6) is 0.713. The predicted molar refractivity (Wildman–Crippen MR) is 88.5 cm³/mol. The molecule has 116 valence electrons. The first-order valence-corrected chi connectivity index (χ1v) is 8.39. The molecule has 1 aromatic carbocycles. The number of furan rings is 1. The molecule has 1 unspecified atom stereocenters. The van der Waals surface area contributed by atoms with Crippen molar-refractivity contribution < 1.29 is 9.52 Å². The molecule has 1 heterocycles. The fourth-order valence-corrected chi connectivity index (χ4v) is 2.83. The van der Waals surface area contributed by atoms with Gasteiger partial charge in [0, 0.05) is 5.39 Å². The van der Waals surface area contributed by atoms with Crippen LogP contribution < -0.4 is 0 Å². The average molecular weight is 288 g/mol. The number of para-hydroxylation sites is 1. The molecule has 0 fully saturated rings. The first-order chi connectivity index (χ1) is 10.2. The number of hydrogen-bond acceptors (Lipinski definition) is 2. The van der Waals surface area contributed by atoms with E-state index in [9.17, 15) is 5.11 Å². The Morgan fingerprint density at radius 3 is 2.48 bits per heavy atom. The van der Waals surface area contributed by atoms with Gasteiger partial charge in [0.05, 0.1) is 0 Å². The molecule has 0 aliphatic carbocycles. The highest BCUT2D eigenvalue weighted by Gasteiger charge is 2.13. The minimum atomic E-state index is -0.465. The summed E-state index contributed by atoms with van der Waals surface area (Å²) in [5.41, 5.74) is 2.04. The van der Waals surface area contributed by atoms with Crippen molar-refractivity contribution in [2.75, 3.05) is 0 Å². The molecule has 1 aromatic heterocycles. The van der Waals surface area contributed by atoms with Crippen LogP contribution in [-0.2, 0) is 0 Å². The van der Waals surface area contributed by atoms with Gasteiger partial charge in [0.25, 0.3) is 0 Å². The number of fused-ring (bicyclic) bond motifs is 1. The largest absolute Gasteiger partial charge is 0.458 e. The molecule has 2 aromatic rings. The van der Waals surface area contributed by atoms with Gasteiger partial charge in [0.1, 0.15) is 17.4 Å². The van der Waals surface area contributed by atoms with Crippen molar-refractivity contribution in [3.63, 3.8) is 0 Å². The first kappa shape index (κ1) is 16.1. The zero-order chi connectivity index (χ0) is 15.1. The summed E-state index contributed by atoms with van der Waals surface area (Å²) in [4.78, 5) is 0. The Kier molecular flexibility index (Phi) is 6.31. The Balaban J connectivity index is 1.77. The summed E-state index contributed by atoms with van der Waals surface area (Å²) in [6.07, 6.45) is 9.22. The number of aryl methyl sites for hydroxylation is 1. The second-order valence-corrected chi connectivity index (χ2v) is 6.07. The van der Waals surface area contributed by atoms with Crippen LogP contribution in [0.25, 0.3) is 11.0 Å². The van der Waals surface area contributed by atoms with Crippen molar-refractivity contribution in [3.8, 4) is 0 Å². The summed E-state index contributed by atoms with van der Waals surface area (Å²) < 4.78 is 5.82. The Labute approximate surface area is 128 Å². The minimum Gasteiger partial charge on any atom is -0.458 e. The van der Waals surface area contributed by atoms with Crippen molar-refractivity contribution in [2.45, 2.75) is 71.3 Å². The van der Waals surface area contributed by atoms with Crippen molar-refractivity contribution in [1.82, 2.24) is 0 Å². The molecule has 0 aliphatic heterocycles. The van der Waals surface area contributed by atoms with Crippen LogP contribution in [-0.4, -0.2) is 5.11 Å². The van der Waals surface area contributed by atoms with Gasteiger partial charge in [-0.15, -0.1) is 0 Å². The average Bonchev–Trinajstić information content (AvgIpc) is 2.92. The lowest BCUT2D eigenvalue weighted by molar-refractivity contribution is 0.139. The molecule has 0 aliphatic rings. The van der Waals surface area contributed by atoms with Gasteiger partial charge in [-0.3, -0.25) is 0 Å². The molecule has 2 rings (SSSR count). The zero-order valence-electron chi connectivity index (χ0n) is 13.4. The standard InChI is InChI=1S/C19H28O2/c1-3-4-5-6-7-8-9-13-17(20)18-14-16-12-10-11-15(2)19(16)21-18/h10-12,14,17,20H,3-9,13H2,1-2H3. The maximum absolute atomic E-state index is 10.3. The highest BCUT2D eigenvalue weighted by atomic mass is 16.4. The van der Waals surface area contributed by atoms with Gasteiger partial charge in [-0.25, -0.2) is 0 Å². The fourth-order valence-electron chi connectivity index (χ4n) is 2.83. The van der Waals surface area contributed by atoms with Crippen molar-refractivity contribution in [1.29, 1.82) is 0 Å². The summed E-state index contributed by atoms with van der Waals surface area (Å²) in [7, 11) is 0. The Morgan fingerprint density at radius 1 is 1.05 bits per heavy atom. The highest BCUT2D eigenvalue weighted by molar-refractivity contribution is 5.80. The van der Waals surface area contributed by atoms with Crippen LogP contribution in [0.4, 0.5) is 0 Å². The third-order valence-electron chi connectivity index (χ3n) is 4.17. The van der Waals surface area contributed by atoms with Crippen LogP contribution in [0.2, 0.25) is 0 Å². The van der Waals surface area contributed by atoms with E-state index in [4.69, 9.17) is 4.42 Å². The maximum atomic E-state index is 10.3. The quantitative estimate of drug-likeness (QED) is 0.581. The number of benzene rings is 1. The van der Waals surface area contributed by atoms with Gasteiger partial charge in [-0.1, -0.05) is 70.1 Å². The second kappa shape index (κ2) is 8.23. The first-order valence-electron chi connectivity index (χ1n) is 8.39. The SMILES string of the molecule is CCCCCCCCCC(O)c1cc2cccc(C)c2o1. The molecule has 1 N–H and O–H groups in total. The number of rotatable bonds is 9. The van der Waals surface area contributed by atoms with E-state index in [-0.39, 0.29) is 0 Å². The van der Waals surface area contributed by atoms with Crippen molar-refractivity contribution >= 4 is 11.0 Å². The van der Waals surface area contributed by atoms with E-state index >= 15 is 0 Å². The third kappa shape index (κ3) is 4.60. The molecule has 0 spiro atoms. The molecule has 2 heteroatoms. The highest BCUT2D eigenvalue weighted by Crippen LogP contribution is 2.28. The normalized spacial score (nSPS) is 12.9.